The predicted octanol–water partition coefficient (Wildman–Crippen LogP) is 4.30. The van der Waals surface area contributed by atoms with Gasteiger partial charge in [-0.25, -0.2) is 4.39 Å². The number of nitrogens with zero attached hydrogens (tertiary/aromatic N) is 2. The molecule has 0 amide bonds. The van der Waals surface area contributed by atoms with Gasteiger partial charge in [-0.1, -0.05) is 25.3 Å². The molecule has 5 nitrogen and oxygen atoms in total. The molecule has 1 saturated carbocycles. The van der Waals surface area contributed by atoms with Crippen LogP contribution in [0.4, 0.5) is 4.39 Å². The molecule has 1 saturated heterocycles. The molecule has 7 heteroatoms. The van der Waals surface area contributed by atoms with E-state index in [9.17, 15) is 4.39 Å². The van der Waals surface area contributed by atoms with E-state index in [1.54, 1.807) is 13.1 Å². The van der Waals surface area contributed by atoms with Crippen molar-refractivity contribution in [1.29, 1.82) is 0 Å². The predicted molar refractivity (Wildman–Crippen MR) is 128 cm³/mol. The first-order chi connectivity index (χ1) is 13.7. The number of hydrogen-bond donors (Lipinski definition) is 2. The monoisotopic (exact) mass is 518 g/mol. The van der Waals surface area contributed by atoms with Gasteiger partial charge in [0.2, 0.25) is 0 Å². The van der Waals surface area contributed by atoms with Gasteiger partial charge < -0.3 is 20.3 Å². The minimum atomic E-state index is -0.320. The third-order valence-corrected chi connectivity index (χ3v) is 5.94. The number of aliphatic imine (C=N–C) groups is 1. The maximum Gasteiger partial charge on any atom is 0.191 e. The summed E-state index contributed by atoms with van der Waals surface area (Å²) in [5.41, 5.74) is 0.871. The van der Waals surface area contributed by atoms with Gasteiger partial charge in [0.05, 0.1) is 6.61 Å². The maximum absolute atomic E-state index is 14.0. The Bertz CT molecular complexity index is 644. The molecule has 29 heavy (non-hydrogen) atoms. The molecule has 2 aliphatic rings. The lowest BCUT2D eigenvalue weighted by atomic mass is 9.92. The summed E-state index contributed by atoms with van der Waals surface area (Å²) in [5.74, 6) is 0.767. The number of likely N-dealkylation sites (tertiary alicyclic amines) is 1. The normalized spacial score (nSPS) is 19.5. The molecular formula is C22H36FIN4O. The first-order valence-electron chi connectivity index (χ1n) is 10.8. The number of rotatable bonds is 6. The molecule has 1 aliphatic heterocycles. The molecule has 1 heterocycles. The fraction of sp³-hybridized carbons (Fsp3) is 0.682. The third-order valence-electron chi connectivity index (χ3n) is 5.94. The molecule has 0 unspecified atom stereocenters. The Kier molecular flexibility index (Phi) is 10.5. The summed E-state index contributed by atoms with van der Waals surface area (Å²) in [6.07, 6.45) is 9.25. The summed E-state index contributed by atoms with van der Waals surface area (Å²) >= 11 is 0. The molecule has 0 radical (unpaired) electrons. The second kappa shape index (κ2) is 12.6. The van der Waals surface area contributed by atoms with Crippen molar-refractivity contribution in [2.24, 2.45) is 4.99 Å². The molecule has 0 atom stereocenters. The first-order valence-corrected chi connectivity index (χ1v) is 10.8. The highest BCUT2D eigenvalue weighted by Gasteiger charge is 2.26. The van der Waals surface area contributed by atoms with E-state index >= 15 is 0 Å². The second-order valence-corrected chi connectivity index (χ2v) is 7.87. The molecule has 1 aliphatic carbocycles. The highest BCUT2D eigenvalue weighted by molar-refractivity contribution is 14.0. The third kappa shape index (κ3) is 7.27. The zero-order valence-corrected chi connectivity index (χ0v) is 20.1. The molecule has 0 bridgehead atoms. The highest BCUT2D eigenvalue weighted by Crippen LogP contribution is 2.25. The molecule has 1 aromatic rings. The van der Waals surface area contributed by atoms with Gasteiger partial charge in [0.1, 0.15) is 0 Å². The molecule has 164 valence electrons. The summed E-state index contributed by atoms with van der Waals surface area (Å²) in [7, 11) is 1.78. The van der Waals surface area contributed by atoms with E-state index in [0.29, 0.717) is 24.9 Å². The van der Waals surface area contributed by atoms with Crippen LogP contribution in [0.3, 0.4) is 0 Å². The lowest BCUT2D eigenvalue weighted by molar-refractivity contribution is 0.119. The van der Waals surface area contributed by atoms with Gasteiger partial charge in [-0.15, -0.1) is 24.0 Å². The van der Waals surface area contributed by atoms with Crippen LogP contribution < -0.4 is 15.4 Å². The fourth-order valence-electron chi connectivity index (χ4n) is 4.36. The van der Waals surface area contributed by atoms with Gasteiger partial charge in [-0.05, 0) is 50.3 Å². The number of benzene rings is 1. The number of ether oxygens (including phenoxy) is 1. The quantitative estimate of drug-likeness (QED) is 0.335. The number of piperidine rings is 1. The molecule has 2 N–H and O–H groups in total. The van der Waals surface area contributed by atoms with Crippen molar-refractivity contribution in [2.75, 3.05) is 26.7 Å². The van der Waals surface area contributed by atoms with Gasteiger partial charge in [-0.3, -0.25) is 4.99 Å². The standard InChI is InChI=1S/C22H35FN4O.HI/c1-3-28-21-10-9-17(15-20(21)23)16-25-22(24-2)26-18-11-13-27(14-12-18)19-7-5-4-6-8-19;/h9-10,15,18-19H,3-8,11-14,16H2,1-2H3,(H2,24,25,26);1H. The summed E-state index contributed by atoms with van der Waals surface area (Å²) < 4.78 is 19.3. The van der Waals surface area contributed by atoms with Gasteiger partial charge in [0.25, 0.3) is 0 Å². The van der Waals surface area contributed by atoms with Gasteiger partial charge in [0.15, 0.2) is 17.5 Å². The molecule has 3 rings (SSSR count). The smallest absolute Gasteiger partial charge is 0.191 e. The SMILES string of the molecule is CCOc1ccc(CNC(=NC)NC2CCN(C3CCCCC3)CC2)cc1F.I. The van der Waals surface area contributed by atoms with E-state index in [-0.39, 0.29) is 29.8 Å². The number of nitrogens with one attached hydrogen (secondary N) is 2. The van der Waals surface area contributed by atoms with E-state index in [4.69, 9.17) is 4.74 Å². The van der Waals surface area contributed by atoms with Crippen molar-refractivity contribution in [3.63, 3.8) is 0 Å². The van der Waals surface area contributed by atoms with Crippen LogP contribution in [0, 0.1) is 5.82 Å². The van der Waals surface area contributed by atoms with E-state index in [1.807, 2.05) is 13.0 Å². The van der Waals surface area contributed by atoms with Crippen LogP contribution >= 0.6 is 24.0 Å². The Balaban J connectivity index is 0.00000300. The molecule has 0 aromatic heterocycles. The van der Waals surface area contributed by atoms with Gasteiger partial charge in [-0.2, -0.15) is 0 Å². The largest absolute Gasteiger partial charge is 0.491 e. The topological polar surface area (TPSA) is 48.9 Å². The van der Waals surface area contributed by atoms with Crippen LogP contribution in [0.1, 0.15) is 57.4 Å². The summed E-state index contributed by atoms with van der Waals surface area (Å²) in [6.45, 7) is 5.19. The van der Waals surface area contributed by atoms with Gasteiger partial charge >= 0.3 is 0 Å². The highest BCUT2D eigenvalue weighted by atomic mass is 127. The Morgan fingerprint density at radius 2 is 1.90 bits per heavy atom. The van der Waals surface area contributed by atoms with E-state index in [2.05, 4.69) is 20.5 Å². The van der Waals surface area contributed by atoms with Crippen molar-refractivity contribution in [3.05, 3.63) is 29.6 Å². The first kappa shape index (κ1) is 24.2. The maximum atomic E-state index is 14.0. The van der Waals surface area contributed by atoms with Crippen molar-refractivity contribution < 1.29 is 9.13 Å². The van der Waals surface area contributed by atoms with Crippen molar-refractivity contribution in [2.45, 2.75) is 70.5 Å². The van der Waals surface area contributed by atoms with Crippen LogP contribution in [0.5, 0.6) is 5.75 Å². The Hall–Kier alpha value is -1.09. The van der Waals surface area contributed by atoms with E-state index < -0.39 is 0 Å². The summed E-state index contributed by atoms with van der Waals surface area (Å²) in [5, 5.41) is 6.84. The Morgan fingerprint density at radius 1 is 1.17 bits per heavy atom. The fourth-order valence-corrected chi connectivity index (χ4v) is 4.36. The summed E-state index contributed by atoms with van der Waals surface area (Å²) in [6, 6.07) is 6.35. The average molecular weight is 518 g/mol. The minimum Gasteiger partial charge on any atom is -0.491 e. The zero-order chi connectivity index (χ0) is 19.8. The van der Waals surface area contributed by atoms with Crippen LogP contribution in [0.25, 0.3) is 0 Å². The van der Waals surface area contributed by atoms with Crippen molar-refractivity contribution >= 4 is 29.9 Å². The van der Waals surface area contributed by atoms with Gasteiger partial charge in [0, 0.05) is 38.8 Å². The lowest BCUT2D eigenvalue weighted by Crippen LogP contribution is -2.50. The van der Waals surface area contributed by atoms with Crippen LogP contribution in [0.15, 0.2) is 23.2 Å². The number of hydrogen-bond acceptors (Lipinski definition) is 3. The Morgan fingerprint density at radius 3 is 2.52 bits per heavy atom. The molecule has 1 aromatic carbocycles. The number of halogens is 2. The lowest BCUT2D eigenvalue weighted by Gasteiger charge is -2.39. The zero-order valence-electron chi connectivity index (χ0n) is 17.8. The molecule has 2 fully saturated rings. The van der Waals surface area contributed by atoms with Crippen LogP contribution in [0.2, 0.25) is 0 Å². The second-order valence-electron chi connectivity index (χ2n) is 7.87. The molecule has 0 spiro atoms. The number of guanidine groups is 1. The summed E-state index contributed by atoms with van der Waals surface area (Å²) in [4.78, 5) is 7.03. The van der Waals surface area contributed by atoms with Crippen LogP contribution in [-0.2, 0) is 6.54 Å². The molecular weight excluding hydrogens is 482 g/mol. The Labute approximate surface area is 191 Å². The van der Waals surface area contributed by atoms with Crippen molar-refractivity contribution in [1.82, 2.24) is 15.5 Å². The van der Waals surface area contributed by atoms with Crippen molar-refractivity contribution in [3.8, 4) is 5.75 Å². The minimum absolute atomic E-state index is 0. The van der Waals surface area contributed by atoms with E-state index in [0.717, 1.165) is 30.4 Å². The average Bonchev–Trinajstić information content (AvgIpc) is 2.74. The van der Waals surface area contributed by atoms with Crippen LogP contribution in [-0.4, -0.2) is 49.7 Å². The van der Waals surface area contributed by atoms with E-state index in [1.165, 1.54) is 51.3 Å².